The van der Waals surface area contributed by atoms with Gasteiger partial charge in [0.15, 0.2) is 5.82 Å². The number of hydrogen-bond acceptors (Lipinski definition) is 7. The van der Waals surface area contributed by atoms with Crippen LogP contribution < -0.4 is 15.5 Å². The van der Waals surface area contributed by atoms with Gasteiger partial charge < -0.3 is 25.0 Å². The van der Waals surface area contributed by atoms with E-state index in [1.165, 1.54) is 6.42 Å². The van der Waals surface area contributed by atoms with Crippen LogP contribution in [0, 0.1) is 0 Å². The van der Waals surface area contributed by atoms with Gasteiger partial charge >= 0.3 is 0 Å². The highest BCUT2D eigenvalue weighted by Gasteiger charge is 2.39. The van der Waals surface area contributed by atoms with Gasteiger partial charge in [0, 0.05) is 45.2 Å². The van der Waals surface area contributed by atoms with Crippen molar-refractivity contribution in [2.75, 3.05) is 49.2 Å². The number of ether oxygens (including phenoxy) is 2. The molecule has 2 atom stereocenters. The number of aromatic nitrogens is 2. The van der Waals surface area contributed by atoms with Gasteiger partial charge in [0.2, 0.25) is 0 Å². The van der Waals surface area contributed by atoms with Gasteiger partial charge in [0.05, 0.1) is 31.1 Å². The number of nitrogens with two attached hydrogens (primary N) is 1. The molecule has 7 nitrogen and oxygen atoms in total. The van der Waals surface area contributed by atoms with Crippen molar-refractivity contribution in [2.45, 2.75) is 25.2 Å². The van der Waals surface area contributed by atoms with Crippen molar-refractivity contribution in [1.82, 2.24) is 10.2 Å². The van der Waals surface area contributed by atoms with Crippen molar-refractivity contribution in [3.05, 3.63) is 11.8 Å². The molecule has 2 N–H and O–H groups in total. The van der Waals surface area contributed by atoms with Crippen molar-refractivity contribution < 1.29 is 9.47 Å². The van der Waals surface area contributed by atoms with Crippen LogP contribution >= 0.6 is 0 Å². The first-order valence-electron chi connectivity index (χ1n) is 7.63. The number of rotatable bonds is 3. The Bertz CT molecular complexity index is 504. The second-order valence-corrected chi connectivity index (χ2v) is 5.86. The first-order chi connectivity index (χ1) is 10.3. The van der Waals surface area contributed by atoms with E-state index < -0.39 is 0 Å². The van der Waals surface area contributed by atoms with E-state index in [4.69, 9.17) is 15.2 Å². The summed E-state index contributed by atoms with van der Waals surface area (Å²) in [5, 5.41) is 8.71. The van der Waals surface area contributed by atoms with Crippen LogP contribution in [0.3, 0.4) is 0 Å². The van der Waals surface area contributed by atoms with Crippen LogP contribution in [0.2, 0.25) is 0 Å². The van der Waals surface area contributed by atoms with Gasteiger partial charge in [-0.2, -0.15) is 0 Å². The minimum absolute atomic E-state index is 0.367. The molecule has 2 unspecified atom stereocenters. The Morgan fingerprint density at radius 1 is 1.14 bits per heavy atom. The number of hydrogen-bond donors (Lipinski definition) is 1. The minimum atomic E-state index is 0.367. The molecule has 4 aliphatic rings. The highest BCUT2D eigenvalue weighted by molar-refractivity contribution is 5.58. The maximum absolute atomic E-state index is 5.82. The molecule has 0 amide bonds. The van der Waals surface area contributed by atoms with Crippen LogP contribution in [-0.4, -0.2) is 61.8 Å². The van der Waals surface area contributed by atoms with Gasteiger partial charge in [-0.3, -0.25) is 0 Å². The molecule has 4 aliphatic heterocycles. The summed E-state index contributed by atoms with van der Waals surface area (Å²) in [6.07, 6.45) is 1.92. The fourth-order valence-corrected chi connectivity index (χ4v) is 3.32. The molecule has 21 heavy (non-hydrogen) atoms. The summed E-state index contributed by atoms with van der Waals surface area (Å²) in [5.41, 5.74) is 7.78. The zero-order valence-electron chi connectivity index (χ0n) is 12.1. The number of fused-ring (bicyclic) bond motifs is 2. The highest BCUT2D eigenvalue weighted by atomic mass is 16.5. The Morgan fingerprint density at radius 2 is 1.86 bits per heavy atom. The average molecular weight is 291 g/mol. The molecule has 0 radical (unpaired) electrons. The van der Waals surface area contributed by atoms with E-state index in [9.17, 15) is 0 Å². The SMILES string of the molecule is NCc1nnc(N2CC3CC(C2)O3)cc1N1CCOCC1. The third-order valence-electron chi connectivity index (χ3n) is 4.46. The fraction of sp³-hybridized carbons (Fsp3) is 0.714. The van der Waals surface area contributed by atoms with E-state index in [1.54, 1.807) is 0 Å². The van der Waals surface area contributed by atoms with Crippen LogP contribution in [0.25, 0.3) is 0 Å². The van der Waals surface area contributed by atoms with Crippen LogP contribution in [0.1, 0.15) is 12.1 Å². The van der Waals surface area contributed by atoms with Crippen LogP contribution in [0.15, 0.2) is 6.07 Å². The largest absolute Gasteiger partial charge is 0.378 e. The quantitative estimate of drug-likeness (QED) is 0.823. The van der Waals surface area contributed by atoms with E-state index in [1.807, 2.05) is 0 Å². The summed E-state index contributed by atoms with van der Waals surface area (Å²) in [5.74, 6) is 0.937. The predicted octanol–water partition coefficient (Wildman–Crippen LogP) is -0.251. The summed E-state index contributed by atoms with van der Waals surface area (Å²) in [7, 11) is 0. The third-order valence-corrected chi connectivity index (χ3v) is 4.46. The monoisotopic (exact) mass is 291 g/mol. The lowest BCUT2D eigenvalue weighted by Gasteiger charge is -2.47. The zero-order chi connectivity index (χ0) is 14.2. The van der Waals surface area contributed by atoms with E-state index in [-0.39, 0.29) is 0 Å². The molecule has 0 aliphatic carbocycles. The fourth-order valence-electron chi connectivity index (χ4n) is 3.32. The molecule has 0 saturated carbocycles. The zero-order valence-corrected chi connectivity index (χ0v) is 12.1. The highest BCUT2D eigenvalue weighted by Crippen LogP contribution is 2.32. The Morgan fingerprint density at radius 3 is 2.52 bits per heavy atom. The van der Waals surface area contributed by atoms with Crippen molar-refractivity contribution in [1.29, 1.82) is 0 Å². The van der Waals surface area contributed by atoms with Gasteiger partial charge in [-0.25, -0.2) is 0 Å². The Labute approximate surface area is 124 Å². The molecular formula is C14H21N5O2. The molecule has 1 aromatic heterocycles. The third kappa shape index (κ3) is 2.45. The molecule has 4 saturated heterocycles. The minimum Gasteiger partial charge on any atom is -0.378 e. The Balaban J connectivity index is 1.60. The van der Waals surface area contributed by atoms with Crippen molar-refractivity contribution in [3.8, 4) is 0 Å². The summed E-state index contributed by atoms with van der Waals surface area (Å²) < 4.78 is 11.1. The van der Waals surface area contributed by atoms with Crippen LogP contribution in [-0.2, 0) is 16.0 Å². The Kier molecular flexibility index (Phi) is 3.40. The van der Waals surface area contributed by atoms with Crippen LogP contribution in [0.5, 0.6) is 0 Å². The van der Waals surface area contributed by atoms with Gasteiger partial charge in [-0.1, -0.05) is 0 Å². The number of anilines is 2. The van der Waals surface area contributed by atoms with Gasteiger partial charge in [-0.15, -0.1) is 10.2 Å². The Hall–Kier alpha value is -1.44. The van der Waals surface area contributed by atoms with Gasteiger partial charge in [-0.05, 0) is 0 Å². The second kappa shape index (κ2) is 5.40. The molecule has 2 bridgehead atoms. The van der Waals surface area contributed by atoms with E-state index in [2.05, 4.69) is 26.1 Å². The standard InChI is InChI=1S/C14H21N5O2/c15-7-12-13(18-1-3-20-4-2-18)6-14(17-16-12)19-8-10-5-11(9-19)21-10/h6,10-11H,1-5,7-9,15H2. The van der Waals surface area contributed by atoms with Crippen molar-refractivity contribution in [3.63, 3.8) is 0 Å². The molecule has 1 aromatic rings. The normalized spacial score (nSPS) is 28.4. The van der Waals surface area contributed by atoms with Crippen molar-refractivity contribution in [2.24, 2.45) is 5.73 Å². The smallest absolute Gasteiger partial charge is 0.153 e. The maximum Gasteiger partial charge on any atom is 0.153 e. The lowest BCUT2D eigenvalue weighted by Crippen LogP contribution is -2.57. The number of nitrogens with zero attached hydrogens (tertiary/aromatic N) is 4. The maximum atomic E-state index is 5.82. The lowest BCUT2D eigenvalue weighted by molar-refractivity contribution is -0.133. The molecule has 5 heterocycles. The molecule has 0 spiro atoms. The van der Waals surface area contributed by atoms with Crippen molar-refractivity contribution >= 4 is 11.5 Å². The van der Waals surface area contributed by atoms with Gasteiger partial charge in [0.1, 0.15) is 5.69 Å². The molecule has 0 aromatic carbocycles. The summed E-state index contributed by atoms with van der Waals surface area (Å²) >= 11 is 0. The molecule has 7 heteroatoms. The lowest BCUT2D eigenvalue weighted by atomic mass is 9.99. The number of piperidine rings is 1. The van der Waals surface area contributed by atoms with Crippen LogP contribution in [0.4, 0.5) is 11.5 Å². The molecular weight excluding hydrogens is 270 g/mol. The first kappa shape index (κ1) is 13.2. The summed E-state index contributed by atoms with van der Waals surface area (Å²) in [4.78, 5) is 4.57. The average Bonchev–Trinajstić information content (AvgIpc) is 2.54. The van der Waals surface area contributed by atoms with E-state index >= 15 is 0 Å². The molecule has 114 valence electrons. The molecule has 5 rings (SSSR count). The van der Waals surface area contributed by atoms with E-state index in [0.717, 1.165) is 56.6 Å². The summed E-state index contributed by atoms with van der Waals surface area (Å²) in [6, 6.07) is 2.13. The molecule has 4 fully saturated rings. The second-order valence-electron chi connectivity index (χ2n) is 5.86. The van der Waals surface area contributed by atoms with E-state index in [0.29, 0.717) is 18.8 Å². The topological polar surface area (TPSA) is 76.7 Å². The first-order valence-corrected chi connectivity index (χ1v) is 7.63. The number of morpholine rings is 2. The van der Waals surface area contributed by atoms with Gasteiger partial charge in [0.25, 0.3) is 0 Å². The summed E-state index contributed by atoms with van der Waals surface area (Å²) in [6.45, 7) is 5.51. The predicted molar refractivity (Wildman–Crippen MR) is 78.4 cm³/mol.